The molecule has 0 radical (unpaired) electrons. The summed E-state index contributed by atoms with van der Waals surface area (Å²) in [5.41, 5.74) is 2.25. The third-order valence-electron chi connectivity index (χ3n) is 5.89. The van der Waals surface area contributed by atoms with Gasteiger partial charge in [0.25, 0.3) is 0 Å². The van der Waals surface area contributed by atoms with Gasteiger partial charge in [-0.05, 0) is 39.0 Å². The number of hydrogen-bond acceptors (Lipinski definition) is 4. The Hall–Kier alpha value is -2.18. The first-order valence-electron chi connectivity index (χ1n) is 12.8. The van der Waals surface area contributed by atoms with Crippen molar-refractivity contribution in [2.24, 2.45) is 0 Å². The maximum atomic E-state index is 12.0. The first kappa shape index (κ1) is 26.1. The summed E-state index contributed by atoms with van der Waals surface area (Å²) in [6, 6.07) is 0. The van der Waals surface area contributed by atoms with Gasteiger partial charge in [-0.15, -0.1) is 5.10 Å². The van der Waals surface area contributed by atoms with Crippen LogP contribution in [0.5, 0.6) is 0 Å². The Morgan fingerprint density at radius 2 is 1.66 bits per heavy atom. The Labute approximate surface area is 194 Å². The van der Waals surface area contributed by atoms with Crippen molar-refractivity contribution in [2.45, 2.75) is 117 Å². The highest BCUT2D eigenvalue weighted by Crippen LogP contribution is 2.10. The van der Waals surface area contributed by atoms with Crippen LogP contribution in [0.3, 0.4) is 0 Å². The van der Waals surface area contributed by atoms with E-state index >= 15 is 0 Å². The van der Waals surface area contributed by atoms with Gasteiger partial charge in [0.15, 0.2) is 0 Å². The van der Waals surface area contributed by atoms with E-state index < -0.39 is 0 Å². The van der Waals surface area contributed by atoms with Gasteiger partial charge < -0.3 is 10.3 Å². The standard InChI is InChI=1S/C25H44N6O/c1-3-4-5-6-7-8-9-10-14-17-25(32)26-18-19-31-21-24(29-30-31)16-13-11-12-15-23-20-27-22(2)28-23/h20-21H,3-19H2,1-2H3,(H,26,32)(H,27,28). The minimum Gasteiger partial charge on any atom is -0.354 e. The molecular formula is C25H44N6O. The fourth-order valence-electron chi connectivity index (χ4n) is 3.95. The molecular weight excluding hydrogens is 400 g/mol. The molecule has 0 aliphatic rings. The van der Waals surface area contributed by atoms with Gasteiger partial charge in [0, 0.05) is 31.1 Å². The second kappa shape index (κ2) is 16.5. The number of imidazole rings is 1. The van der Waals surface area contributed by atoms with Crippen LogP contribution in [0.25, 0.3) is 0 Å². The minimum atomic E-state index is 0.153. The van der Waals surface area contributed by atoms with Crippen molar-refractivity contribution in [2.75, 3.05) is 6.54 Å². The molecule has 7 heteroatoms. The number of carbonyl (C=O) groups is 1. The summed E-state index contributed by atoms with van der Waals surface area (Å²) in [4.78, 5) is 19.5. The third kappa shape index (κ3) is 12.0. The predicted octanol–water partition coefficient (Wildman–Crippen LogP) is 5.30. The van der Waals surface area contributed by atoms with E-state index in [-0.39, 0.29) is 5.91 Å². The van der Waals surface area contributed by atoms with E-state index in [0.717, 1.165) is 50.0 Å². The molecule has 0 aliphatic carbocycles. The highest BCUT2D eigenvalue weighted by molar-refractivity contribution is 5.75. The lowest BCUT2D eigenvalue weighted by atomic mass is 10.1. The highest BCUT2D eigenvalue weighted by Gasteiger charge is 2.04. The zero-order valence-corrected chi connectivity index (χ0v) is 20.4. The SMILES string of the molecule is CCCCCCCCCCCC(=O)NCCn1cc(CCCCCc2cnc(C)[nH]2)nn1. The number of nitrogens with zero attached hydrogens (tertiary/aromatic N) is 4. The molecule has 0 aliphatic heterocycles. The topological polar surface area (TPSA) is 88.5 Å². The van der Waals surface area contributed by atoms with E-state index in [9.17, 15) is 4.79 Å². The van der Waals surface area contributed by atoms with E-state index in [1.165, 1.54) is 57.1 Å². The number of aryl methyl sites for hydroxylation is 3. The highest BCUT2D eigenvalue weighted by atomic mass is 16.1. The van der Waals surface area contributed by atoms with Crippen LogP contribution in [-0.4, -0.2) is 37.4 Å². The summed E-state index contributed by atoms with van der Waals surface area (Å²) in [6.45, 7) is 5.53. The Morgan fingerprint density at radius 3 is 2.38 bits per heavy atom. The van der Waals surface area contributed by atoms with Crippen molar-refractivity contribution in [3.8, 4) is 0 Å². The van der Waals surface area contributed by atoms with Crippen molar-refractivity contribution < 1.29 is 4.79 Å². The molecule has 0 saturated carbocycles. The summed E-state index contributed by atoms with van der Waals surface area (Å²) in [6.07, 6.45) is 21.5. The fourth-order valence-corrected chi connectivity index (χ4v) is 3.95. The summed E-state index contributed by atoms with van der Waals surface area (Å²) in [5, 5.41) is 11.5. The lowest BCUT2D eigenvalue weighted by molar-refractivity contribution is -0.121. The molecule has 0 bridgehead atoms. The van der Waals surface area contributed by atoms with Crippen LogP contribution in [0.15, 0.2) is 12.4 Å². The average molecular weight is 445 g/mol. The predicted molar refractivity (Wildman–Crippen MR) is 129 cm³/mol. The third-order valence-corrected chi connectivity index (χ3v) is 5.89. The van der Waals surface area contributed by atoms with Gasteiger partial charge >= 0.3 is 0 Å². The Kier molecular flexibility index (Phi) is 13.4. The van der Waals surface area contributed by atoms with Crippen molar-refractivity contribution in [3.05, 3.63) is 29.6 Å². The van der Waals surface area contributed by atoms with Crippen LogP contribution in [0.2, 0.25) is 0 Å². The van der Waals surface area contributed by atoms with E-state index in [0.29, 0.717) is 19.5 Å². The zero-order chi connectivity index (χ0) is 22.9. The summed E-state index contributed by atoms with van der Waals surface area (Å²) >= 11 is 0. The van der Waals surface area contributed by atoms with Crippen LogP contribution in [0.1, 0.15) is 108 Å². The van der Waals surface area contributed by atoms with Gasteiger partial charge in [-0.1, -0.05) is 69.9 Å². The molecule has 2 N–H and O–H groups in total. The average Bonchev–Trinajstić information content (AvgIpc) is 3.41. The monoisotopic (exact) mass is 444 g/mol. The number of carbonyl (C=O) groups excluding carboxylic acids is 1. The van der Waals surface area contributed by atoms with Crippen LogP contribution in [0.4, 0.5) is 0 Å². The van der Waals surface area contributed by atoms with Gasteiger partial charge in [0.1, 0.15) is 5.82 Å². The molecule has 2 rings (SSSR count). The van der Waals surface area contributed by atoms with Crippen molar-refractivity contribution in [3.63, 3.8) is 0 Å². The number of rotatable bonds is 19. The lowest BCUT2D eigenvalue weighted by Gasteiger charge is -2.05. The molecule has 0 unspecified atom stereocenters. The number of hydrogen-bond donors (Lipinski definition) is 2. The van der Waals surface area contributed by atoms with Crippen LogP contribution in [-0.2, 0) is 24.2 Å². The van der Waals surface area contributed by atoms with Crippen LogP contribution >= 0.6 is 0 Å². The van der Waals surface area contributed by atoms with E-state index in [1.54, 1.807) is 0 Å². The van der Waals surface area contributed by atoms with Gasteiger partial charge in [-0.2, -0.15) is 0 Å². The molecule has 0 aromatic carbocycles. The number of aromatic amines is 1. The summed E-state index contributed by atoms with van der Waals surface area (Å²) in [5.74, 6) is 1.14. The molecule has 180 valence electrons. The minimum absolute atomic E-state index is 0.153. The quantitative estimate of drug-likeness (QED) is 0.288. The molecule has 0 fully saturated rings. The molecule has 0 spiro atoms. The van der Waals surface area contributed by atoms with Gasteiger partial charge in [-0.25, -0.2) is 4.98 Å². The normalized spacial score (nSPS) is 11.2. The molecule has 2 heterocycles. The van der Waals surface area contributed by atoms with E-state index in [2.05, 4.69) is 32.5 Å². The molecule has 2 aromatic heterocycles. The van der Waals surface area contributed by atoms with E-state index in [4.69, 9.17) is 0 Å². The Morgan fingerprint density at radius 1 is 0.969 bits per heavy atom. The first-order chi connectivity index (χ1) is 15.7. The summed E-state index contributed by atoms with van der Waals surface area (Å²) in [7, 11) is 0. The van der Waals surface area contributed by atoms with Crippen LogP contribution < -0.4 is 5.32 Å². The summed E-state index contributed by atoms with van der Waals surface area (Å²) < 4.78 is 1.83. The number of nitrogens with one attached hydrogen (secondary N) is 2. The number of aromatic nitrogens is 5. The van der Waals surface area contributed by atoms with Gasteiger partial charge in [0.05, 0.1) is 12.2 Å². The number of amides is 1. The Bertz CT molecular complexity index is 738. The van der Waals surface area contributed by atoms with Gasteiger partial charge in [0.2, 0.25) is 5.91 Å². The van der Waals surface area contributed by atoms with Crippen LogP contribution in [0, 0.1) is 6.92 Å². The van der Waals surface area contributed by atoms with Crippen molar-refractivity contribution in [1.29, 1.82) is 0 Å². The number of unbranched alkanes of at least 4 members (excludes halogenated alkanes) is 10. The smallest absolute Gasteiger partial charge is 0.220 e. The molecule has 0 atom stereocenters. The van der Waals surface area contributed by atoms with Crippen molar-refractivity contribution in [1.82, 2.24) is 30.3 Å². The molecule has 2 aromatic rings. The maximum Gasteiger partial charge on any atom is 0.220 e. The maximum absolute atomic E-state index is 12.0. The molecule has 7 nitrogen and oxygen atoms in total. The Balaban J connectivity index is 1.43. The fraction of sp³-hybridized carbons (Fsp3) is 0.760. The second-order valence-corrected chi connectivity index (χ2v) is 8.96. The molecule has 0 saturated heterocycles. The van der Waals surface area contributed by atoms with E-state index in [1.807, 2.05) is 24.0 Å². The molecule has 1 amide bonds. The number of H-pyrrole nitrogens is 1. The zero-order valence-electron chi connectivity index (χ0n) is 20.4. The van der Waals surface area contributed by atoms with Gasteiger partial charge in [-0.3, -0.25) is 9.48 Å². The first-order valence-corrected chi connectivity index (χ1v) is 12.8. The molecule has 32 heavy (non-hydrogen) atoms. The second-order valence-electron chi connectivity index (χ2n) is 8.96. The van der Waals surface area contributed by atoms with Crippen molar-refractivity contribution >= 4 is 5.91 Å². The lowest BCUT2D eigenvalue weighted by Crippen LogP contribution is -2.27. The largest absolute Gasteiger partial charge is 0.354 e.